The fraction of sp³-hybridized carbons (Fsp3) is 1.00. The number of rotatable bonds is 6. The molecule has 1 N–H and O–H groups in total. The molecule has 0 aromatic rings. The second kappa shape index (κ2) is 7.53. The molecule has 1 heteroatoms. The van der Waals surface area contributed by atoms with Crippen molar-refractivity contribution in [3.05, 3.63) is 0 Å². The smallest absolute Gasteiger partial charge is 0.00205 e. The van der Waals surface area contributed by atoms with Gasteiger partial charge in [0.25, 0.3) is 0 Å². The van der Waals surface area contributed by atoms with Gasteiger partial charge in [-0.25, -0.2) is 0 Å². The Balaban J connectivity index is 2.06. The van der Waals surface area contributed by atoms with Crippen molar-refractivity contribution in [2.45, 2.75) is 73.1 Å². The van der Waals surface area contributed by atoms with Crippen LogP contribution in [0.25, 0.3) is 0 Å². The van der Waals surface area contributed by atoms with E-state index in [4.69, 9.17) is 0 Å². The normalized spacial score (nSPS) is 25.7. The first-order chi connectivity index (χ1) is 8.39. The molecular formula is C17H35N. The summed E-state index contributed by atoms with van der Waals surface area (Å²) in [5, 5.41) is 3.66. The number of nitrogens with one attached hydrogen (secondary N) is 1. The molecule has 0 radical (unpaired) electrons. The van der Waals surface area contributed by atoms with Crippen molar-refractivity contribution in [3.8, 4) is 0 Å². The molecule has 1 nitrogen and oxygen atoms in total. The van der Waals surface area contributed by atoms with Crippen LogP contribution in [0.5, 0.6) is 0 Å². The Morgan fingerprint density at radius 1 is 1.06 bits per heavy atom. The molecule has 0 aromatic heterocycles. The van der Waals surface area contributed by atoms with Crippen molar-refractivity contribution in [2.24, 2.45) is 23.2 Å². The van der Waals surface area contributed by atoms with E-state index < -0.39 is 0 Å². The lowest BCUT2D eigenvalue weighted by molar-refractivity contribution is 0.149. The maximum atomic E-state index is 3.66. The zero-order valence-corrected chi connectivity index (χ0v) is 13.4. The molecule has 0 bridgehead atoms. The summed E-state index contributed by atoms with van der Waals surface area (Å²) in [6, 6.07) is 0. The van der Waals surface area contributed by atoms with Crippen molar-refractivity contribution in [3.63, 3.8) is 0 Å². The van der Waals surface area contributed by atoms with Crippen molar-refractivity contribution < 1.29 is 0 Å². The second-order valence-corrected chi connectivity index (χ2v) is 7.82. The summed E-state index contributed by atoms with van der Waals surface area (Å²) in [6.07, 6.45) is 8.49. The van der Waals surface area contributed by atoms with E-state index in [1.165, 1.54) is 51.6 Å². The largest absolute Gasteiger partial charge is 0.316 e. The van der Waals surface area contributed by atoms with E-state index in [9.17, 15) is 0 Å². The zero-order valence-electron chi connectivity index (χ0n) is 13.4. The molecule has 1 aliphatic carbocycles. The van der Waals surface area contributed by atoms with E-state index in [1.807, 2.05) is 0 Å². The highest BCUT2D eigenvalue weighted by molar-refractivity contribution is 4.81. The highest BCUT2D eigenvalue weighted by atomic mass is 14.9. The second-order valence-electron chi connectivity index (χ2n) is 7.82. The topological polar surface area (TPSA) is 12.0 Å². The lowest BCUT2D eigenvalue weighted by Crippen LogP contribution is -2.31. The Bertz CT molecular complexity index is 206. The minimum atomic E-state index is 0.523. The molecule has 0 atom stereocenters. The SMILES string of the molecule is CC(C)CCCNCC1CCC(C(C)(C)C)CC1. The van der Waals surface area contributed by atoms with Crippen LogP contribution in [0.3, 0.4) is 0 Å². The average Bonchev–Trinajstić information content (AvgIpc) is 2.27. The molecular weight excluding hydrogens is 218 g/mol. The lowest BCUT2D eigenvalue weighted by atomic mass is 9.70. The van der Waals surface area contributed by atoms with Gasteiger partial charge in [0.05, 0.1) is 0 Å². The van der Waals surface area contributed by atoms with Crippen LogP contribution in [0.4, 0.5) is 0 Å². The van der Waals surface area contributed by atoms with Gasteiger partial charge in [0.15, 0.2) is 0 Å². The Labute approximate surface area is 115 Å². The van der Waals surface area contributed by atoms with Gasteiger partial charge in [-0.15, -0.1) is 0 Å². The summed E-state index contributed by atoms with van der Waals surface area (Å²) in [5.41, 5.74) is 0.523. The van der Waals surface area contributed by atoms with Gasteiger partial charge in [0.2, 0.25) is 0 Å². The van der Waals surface area contributed by atoms with Crippen LogP contribution >= 0.6 is 0 Å². The Hall–Kier alpha value is -0.0400. The monoisotopic (exact) mass is 253 g/mol. The summed E-state index contributed by atoms with van der Waals surface area (Å²) < 4.78 is 0. The molecule has 1 rings (SSSR count). The van der Waals surface area contributed by atoms with Gasteiger partial charge in [-0.2, -0.15) is 0 Å². The van der Waals surface area contributed by atoms with E-state index in [2.05, 4.69) is 39.9 Å². The van der Waals surface area contributed by atoms with Crippen LogP contribution < -0.4 is 5.32 Å². The van der Waals surface area contributed by atoms with Crippen LogP contribution in [0.15, 0.2) is 0 Å². The van der Waals surface area contributed by atoms with Gasteiger partial charge < -0.3 is 5.32 Å². The maximum Gasteiger partial charge on any atom is -0.00205 e. The first-order valence-corrected chi connectivity index (χ1v) is 8.10. The molecule has 0 amide bonds. The Morgan fingerprint density at radius 3 is 2.17 bits per heavy atom. The van der Waals surface area contributed by atoms with Gasteiger partial charge in [0, 0.05) is 0 Å². The summed E-state index contributed by atoms with van der Waals surface area (Å²) in [4.78, 5) is 0. The van der Waals surface area contributed by atoms with E-state index in [0.29, 0.717) is 5.41 Å². The molecule has 0 aromatic carbocycles. The zero-order chi connectivity index (χ0) is 13.6. The van der Waals surface area contributed by atoms with E-state index in [-0.39, 0.29) is 0 Å². The Kier molecular flexibility index (Phi) is 6.70. The third kappa shape index (κ3) is 6.22. The van der Waals surface area contributed by atoms with Gasteiger partial charge in [0.1, 0.15) is 0 Å². The highest BCUT2D eigenvalue weighted by Crippen LogP contribution is 2.39. The molecule has 1 fully saturated rings. The minimum absolute atomic E-state index is 0.523. The quantitative estimate of drug-likeness (QED) is 0.666. The highest BCUT2D eigenvalue weighted by Gasteiger charge is 2.29. The van der Waals surface area contributed by atoms with Crippen molar-refractivity contribution >= 4 is 0 Å². The first kappa shape index (κ1) is 16.0. The van der Waals surface area contributed by atoms with Gasteiger partial charge in [-0.3, -0.25) is 0 Å². The average molecular weight is 253 g/mol. The maximum absolute atomic E-state index is 3.66. The summed E-state index contributed by atoms with van der Waals surface area (Å²) in [5.74, 6) is 2.76. The molecule has 108 valence electrons. The predicted molar refractivity (Wildman–Crippen MR) is 81.8 cm³/mol. The van der Waals surface area contributed by atoms with Crippen molar-refractivity contribution in [2.75, 3.05) is 13.1 Å². The van der Waals surface area contributed by atoms with Crippen LogP contribution in [-0.2, 0) is 0 Å². The van der Waals surface area contributed by atoms with E-state index >= 15 is 0 Å². The summed E-state index contributed by atoms with van der Waals surface area (Å²) in [7, 11) is 0. The fourth-order valence-electron chi connectivity index (χ4n) is 3.17. The van der Waals surface area contributed by atoms with E-state index in [1.54, 1.807) is 0 Å². The van der Waals surface area contributed by atoms with Gasteiger partial charge in [-0.1, -0.05) is 34.6 Å². The third-order valence-electron chi connectivity index (χ3n) is 4.64. The molecule has 18 heavy (non-hydrogen) atoms. The molecule has 1 saturated carbocycles. The van der Waals surface area contributed by atoms with Crippen LogP contribution in [-0.4, -0.2) is 13.1 Å². The fourth-order valence-corrected chi connectivity index (χ4v) is 3.17. The standard InChI is InChI=1S/C17H35N/c1-14(2)7-6-12-18-13-15-8-10-16(11-9-15)17(3,4)5/h14-16,18H,6-13H2,1-5H3. The minimum Gasteiger partial charge on any atom is -0.316 e. The van der Waals surface area contributed by atoms with Gasteiger partial charge >= 0.3 is 0 Å². The number of hydrogen-bond acceptors (Lipinski definition) is 1. The van der Waals surface area contributed by atoms with Gasteiger partial charge in [-0.05, 0) is 74.8 Å². The molecule has 0 aliphatic heterocycles. The van der Waals surface area contributed by atoms with Crippen LogP contribution in [0.2, 0.25) is 0 Å². The van der Waals surface area contributed by atoms with Crippen molar-refractivity contribution in [1.82, 2.24) is 5.32 Å². The summed E-state index contributed by atoms with van der Waals surface area (Å²) >= 11 is 0. The molecule has 1 aliphatic rings. The number of hydrogen-bond donors (Lipinski definition) is 1. The molecule has 0 saturated heterocycles. The van der Waals surface area contributed by atoms with E-state index in [0.717, 1.165) is 17.8 Å². The Morgan fingerprint density at radius 2 is 1.67 bits per heavy atom. The van der Waals surface area contributed by atoms with Crippen molar-refractivity contribution in [1.29, 1.82) is 0 Å². The lowest BCUT2D eigenvalue weighted by Gasteiger charge is -2.37. The van der Waals surface area contributed by atoms with Crippen LogP contribution in [0, 0.1) is 23.2 Å². The summed E-state index contributed by atoms with van der Waals surface area (Å²) in [6.45, 7) is 14.3. The molecule has 0 unspecified atom stereocenters. The predicted octanol–water partition coefficient (Wildman–Crippen LogP) is 4.86. The van der Waals surface area contributed by atoms with Crippen LogP contribution in [0.1, 0.15) is 73.1 Å². The molecule has 0 spiro atoms. The third-order valence-corrected chi connectivity index (χ3v) is 4.64. The molecule has 0 heterocycles. The first-order valence-electron chi connectivity index (χ1n) is 8.10.